The molecule has 3 heteroatoms. The topological polar surface area (TPSA) is 38.3 Å². The Balaban J connectivity index is 4.08. The molecule has 0 amide bonds. The number of carbonyl (C=O) groups excluding carboxylic acids is 1. The summed E-state index contributed by atoms with van der Waals surface area (Å²) in [5.74, 6) is -0.139. The van der Waals surface area contributed by atoms with Crippen molar-refractivity contribution in [3.8, 4) is 0 Å². The first-order chi connectivity index (χ1) is 6.39. The molecule has 0 saturated heterocycles. The maximum absolute atomic E-state index is 11.1. The van der Waals surface area contributed by atoms with E-state index in [1.165, 1.54) is 7.11 Å². The number of methoxy groups -OCH3 is 1. The van der Waals surface area contributed by atoms with Crippen LogP contribution < -0.4 is 5.32 Å². The Labute approximate surface area is 87.2 Å². The summed E-state index contributed by atoms with van der Waals surface area (Å²) in [6.45, 7) is 9.46. The molecular formula is C11H23NO2. The maximum atomic E-state index is 11.1. The molecule has 1 unspecified atom stereocenters. The van der Waals surface area contributed by atoms with E-state index in [9.17, 15) is 4.79 Å². The van der Waals surface area contributed by atoms with Gasteiger partial charge in [0.1, 0.15) is 0 Å². The molecule has 0 spiro atoms. The number of ether oxygens (including phenoxy) is 1. The zero-order valence-corrected chi connectivity index (χ0v) is 10.0. The van der Waals surface area contributed by atoms with Crippen LogP contribution in [0.4, 0.5) is 0 Å². The lowest BCUT2D eigenvalue weighted by Gasteiger charge is -2.25. The Morgan fingerprint density at radius 3 is 2.36 bits per heavy atom. The zero-order valence-electron chi connectivity index (χ0n) is 10.0. The third kappa shape index (κ3) is 6.89. The first kappa shape index (κ1) is 13.4. The highest BCUT2D eigenvalue weighted by molar-refractivity contribution is 5.69. The van der Waals surface area contributed by atoms with Gasteiger partial charge in [0.2, 0.25) is 0 Å². The molecule has 0 saturated carbocycles. The van der Waals surface area contributed by atoms with E-state index < -0.39 is 0 Å². The minimum Gasteiger partial charge on any atom is -0.469 e. The van der Waals surface area contributed by atoms with Crippen molar-refractivity contribution in [1.29, 1.82) is 0 Å². The van der Waals surface area contributed by atoms with E-state index in [0.29, 0.717) is 6.42 Å². The van der Waals surface area contributed by atoms with Gasteiger partial charge in [0.15, 0.2) is 0 Å². The van der Waals surface area contributed by atoms with Gasteiger partial charge in [-0.3, -0.25) is 4.79 Å². The number of hydrogen-bond acceptors (Lipinski definition) is 3. The molecule has 14 heavy (non-hydrogen) atoms. The van der Waals surface area contributed by atoms with E-state index in [2.05, 4.69) is 30.8 Å². The van der Waals surface area contributed by atoms with Gasteiger partial charge in [-0.25, -0.2) is 0 Å². The van der Waals surface area contributed by atoms with Gasteiger partial charge in [0, 0.05) is 6.04 Å². The lowest BCUT2D eigenvalue weighted by molar-refractivity contribution is -0.141. The van der Waals surface area contributed by atoms with Crippen LogP contribution in [0.5, 0.6) is 0 Å². The Kier molecular flexibility index (Phi) is 5.77. The SMILES string of the molecule is CCNC(CC(=O)OC)CC(C)(C)C. The third-order valence-corrected chi connectivity index (χ3v) is 1.99. The molecule has 0 aromatic rings. The number of nitrogens with one attached hydrogen (secondary N) is 1. The standard InChI is InChI=1S/C11H23NO2/c1-6-12-9(7-10(13)14-5)8-11(2,3)4/h9,12H,6-8H2,1-5H3. The van der Waals surface area contributed by atoms with Gasteiger partial charge in [-0.15, -0.1) is 0 Å². The largest absolute Gasteiger partial charge is 0.469 e. The number of hydrogen-bond donors (Lipinski definition) is 1. The van der Waals surface area contributed by atoms with E-state index in [1.807, 2.05) is 6.92 Å². The summed E-state index contributed by atoms with van der Waals surface area (Å²) in [7, 11) is 1.43. The van der Waals surface area contributed by atoms with Gasteiger partial charge < -0.3 is 10.1 Å². The second kappa shape index (κ2) is 6.02. The highest BCUT2D eigenvalue weighted by Crippen LogP contribution is 2.22. The zero-order chi connectivity index (χ0) is 11.2. The van der Waals surface area contributed by atoms with Crippen molar-refractivity contribution in [2.75, 3.05) is 13.7 Å². The van der Waals surface area contributed by atoms with Gasteiger partial charge in [0.25, 0.3) is 0 Å². The molecule has 0 aliphatic rings. The first-order valence-corrected chi connectivity index (χ1v) is 5.19. The molecule has 0 aliphatic carbocycles. The molecule has 3 nitrogen and oxygen atoms in total. The van der Waals surface area contributed by atoms with Crippen LogP contribution >= 0.6 is 0 Å². The van der Waals surface area contributed by atoms with Crippen LogP contribution in [0.1, 0.15) is 40.5 Å². The molecule has 1 atom stereocenters. The van der Waals surface area contributed by atoms with Crippen LogP contribution in [0, 0.1) is 5.41 Å². The van der Waals surface area contributed by atoms with E-state index in [-0.39, 0.29) is 17.4 Å². The summed E-state index contributed by atoms with van der Waals surface area (Å²) in [6.07, 6.45) is 1.44. The van der Waals surface area contributed by atoms with E-state index >= 15 is 0 Å². The normalized spacial score (nSPS) is 13.8. The monoisotopic (exact) mass is 201 g/mol. The molecule has 0 bridgehead atoms. The minimum absolute atomic E-state index is 0.139. The summed E-state index contributed by atoms with van der Waals surface area (Å²) in [4.78, 5) is 11.1. The Morgan fingerprint density at radius 2 is 2.00 bits per heavy atom. The van der Waals surface area contributed by atoms with Gasteiger partial charge in [0.05, 0.1) is 13.5 Å². The molecular weight excluding hydrogens is 178 g/mol. The van der Waals surface area contributed by atoms with E-state index in [0.717, 1.165) is 13.0 Å². The van der Waals surface area contributed by atoms with Crippen molar-refractivity contribution >= 4 is 5.97 Å². The Morgan fingerprint density at radius 1 is 1.43 bits per heavy atom. The maximum Gasteiger partial charge on any atom is 0.307 e. The summed E-state index contributed by atoms with van der Waals surface area (Å²) in [6, 6.07) is 0.229. The molecule has 84 valence electrons. The van der Waals surface area contributed by atoms with Crippen molar-refractivity contribution in [3.63, 3.8) is 0 Å². The van der Waals surface area contributed by atoms with Crippen molar-refractivity contribution in [1.82, 2.24) is 5.32 Å². The second-order valence-electron chi connectivity index (χ2n) is 4.80. The lowest BCUT2D eigenvalue weighted by Crippen LogP contribution is -2.35. The average Bonchev–Trinajstić information content (AvgIpc) is 2.01. The number of esters is 1. The predicted octanol–water partition coefficient (Wildman–Crippen LogP) is 1.96. The molecule has 0 radical (unpaired) electrons. The van der Waals surface area contributed by atoms with Gasteiger partial charge in [-0.05, 0) is 18.4 Å². The average molecular weight is 201 g/mol. The molecule has 0 rings (SSSR count). The third-order valence-electron chi connectivity index (χ3n) is 1.99. The first-order valence-electron chi connectivity index (χ1n) is 5.19. The quantitative estimate of drug-likeness (QED) is 0.691. The molecule has 0 heterocycles. The van der Waals surface area contributed by atoms with Crippen molar-refractivity contribution < 1.29 is 9.53 Å². The van der Waals surface area contributed by atoms with E-state index in [1.54, 1.807) is 0 Å². The van der Waals surface area contributed by atoms with Gasteiger partial charge >= 0.3 is 5.97 Å². The van der Waals surface area contributed by atoms with Crippen LogP contribution in [0.3, 0.4) is 0 Å². The van der Waals surface area contributed by atoms with Crippen molar-refractivity contribution in [3.05, 3.63) is 0 Å². The minimum atomic E-state index is -0.139. The summed E-state index contributed by atoms with van der Waals surface area (Å²) in [5, 5.41) is 3.30. The Hall–Kier alpha value is -0.570. The van der Waals surface area contributed by atoms with Gasteiger partial charge in [-0.2, -0.15) is 0 Å². The van der Waals surface area contributed by atoms with Gasteiger partial charge in [-0.1, -0.05) is 27.7 Å². The molecule has 0 fully saturated rings. The van der Waals surface area contributed by atoms with Crippen LogP contribution in [0.25, 0.3) is 0 Å². The fourth-order valence-corrected chi connectivity index (χ4v) is 1.53. The second-order valence-corrected chi connectivity index (χ2v) is 4.80. The molecule has 0 aliphatic heterocycles. The van der Waals surface area contributed by atoms with Crippen LogP contribution in [-0.2, 0) is 9.53 Å². The highest BCUT2D eigenvalue weighted by atomic mass is 16.5. The number of rotatable bonds is 5. The summed E-state index contributed by atoms with van der Waals surface area (Å²) >= 11 is 0. The highest BCUT2D eigenvalue weighted by Gasteiger charge is 2.20. The smallest absolute Gasteiger partial charge is 0.307 e. The summed E-state index contributed by atoms with van der Waals surface area (Å²) < 4.78 is 4.66. The van der Waals surface area contributed by atoms with E-state index in [4.69, 9.17) is 0 Å². The van der Waals surface area contributed by atoms with Crippen molar-refractivity contribution in [2.24, 2.45) is 5.41 Å². The fourth-order valence-electron chi connectivity index (χ4n) is 1.53. The Bertz CT molecular complexity index is 173. The number of carbonyl (C=O) groups is 1. The van der Waals surface area contributed by atoms with Crippen LogP contribution in [-0.4, -0.2) is 25.7 Å². The molecule has 0 aromatic heterocycles. The fraction of sp³-hybridized carbons (Fsp3) is 0.909. The molecule has 1 N–H and O–H groups in total. The van der Waals surface area contributed by atoms with Crippen LogP contribution in [0.2, 0.25) is 0 Å². The lowest BCUT2D eigenvalue weighted by atomic mass is 9.87. The van der Waals surface area contributed by atoms with Crippen molar-refractivity contribution in [2.45, 2.75) is 46.6 Å². The molecule has 0 aromatic carbocycles. The summed E-state index contributed by atoms with van der Waals surface area (Å²) in [5.41, 5.74) is 0.237. The predicted molar refractivity (Wildman–Crippen MR) is 58.2 cm³/mol. The van der Waals surface area contributed by atoms with Crippen LogP contribution in [0.15, 0.2) is 0 Å².